The summed E-state index contributed by atoms with van der Waals surface area (Å²) in [7, 11) is 3.19. The number of methoxy groups -OCH3 is 2. The number of amides is 1. The normalized spacial score (nSPS) is 14.9. The first-order chi connectivity index (χ1) is 16.6. The summed E-state index contributed by atoms with van der Waals surface area (Å²) < 4.78 is 12.8. The van der Waals surface area contributed by atoms with Gasteiger partial charge < -0.3 is 20.1 Å². The Hall–Kier alpha value is -4.11. The van der Waals surface area contributed by atoms with Gasteiger partial charge in [0.05, 0.1) is 30.4 Å². The van der Waals surface area contributed by atoms with Gasteiger partial charge in [0.1, 0.15) is 17.5 Å². The van der Waals surface area contributed by atoms with E-state index in [9.17, 15) is 4.79 Å². The average Bonchev–Trinajstić information content (AvgIpc) is 3.53. The Balaban J connectivity index is 1.63. The number of ether oxygens (including phenoxy) is 2. The van der Waals surface area contributed by atoms with Crippen LogP contribution in [-0.4, -0.2) is 34.9 Å². The van der Waals surface area contributed by atoms with Gasteiger partial charge in [-0.2, -0.15) is 4.98 Å². The van der Waals surface area contributed by atoms with Crippen LogP contribution in [0.3, 0.4) is 0 Å². The van der Waals surface area contributed by atoms with Crippen LogP contribution in [0.2, 0.25) is 0 Å². The third-order valence-electron chi connectivity index (χ3n) is 5.63. The van der Waals surface area contributed by atoms with Crippen molar-refractivity contribution in [2.75, 3.05) is 24.9 Å². The number of aromatic nitrogens is 3. The first kappa shape index (κ1) is 21.7. The second-order valence-electron chi connectivity index (χ2n) is 7.64. The van der Waals surface area contributed by atoms with Crippen LogP contribution >= 0.6 is 11.3 Å². The number of hydrogen-bond acceptors (Lipinski definition) is 7. The molecule has 1 atom stereocenters. The van der Waals surface area contributed by atoms with Crippen molar-refractivity contribution < 1.29 is 14.3 Å². The molecule has 8 nitrogen and oxygen atoms in total. The van der Waals surface area contributed by atoms with E-state index in [4.69, 9.17) is 19.6 Å². The second-order valence-corrected chi connectivity index (χ2v) is 8.59. The number of thiophene rings is 1. The van der Waals surface area contributed by atoms with Gasteiger partial charge in [-0.15, -0.1) is 16.4 Å². The zero-order valence-corrected chi connectivity index (χ0v) is 19.7. The minimum atomic E-state index is -0.552. The molecule has 2 aromatic heterocycles. The molecule has 1 amide bonds. The summed E-state index contributed by atoms with van der Waals surface area (Å²) >= 11 is 1.56. The van der Waals surface area contributed by atoms with Crippen LogP contribution in [0.4, 0.5) is 11.6 Å². The lowest BCUT2D eigenvalue weighted by Crippen LogP contribution is -2.31. The van der Waals surface area contributed by atoms with E-state index in [2.05, 4.69) is 10.6 Å². The van der Waals surface area contributed by atoms with Crippen LogP contribution in [0.1, 0.15) is 18.5 Å². The molecule has 2 N–H and O–H groups in total. The van der Waals surface area contributed by atoms with E-state index in [0.29, 0.717) is 40.2 Å². The average molecular weight is 474 g/mol. The summed E-state index contributed by atoms with van der Waals surface area (Å²) in [4.78, 5) is 19.4. The maximum absolute atomic E-state index is 13.7. The Morgan fingerprint density at radius 2 is 1.76 bits per heavy atom. The molecule has 3 heterocycles. The molecule has 0 saturated carbocycles. The van der Waals surface area contributed by atoms with Crippen molar-refractivity contribution >= 4 is 28.9 Å². The van der Waals surface area contributed by atoms with Crippen LogP contribution < -0.4 is 20.1 Å². The SMILES string of the molecule is COc1ccccc1NC(=O)C1=C(C)Nc2nc(-c3cccs3)nn2[C@@H]1c1ccccc1OC. The maximum Gasteiger partial charge on any atom is 0.255 e. The lowest BCUT2D eigenvalue weighted by Gasteiger charge is -2.29. The van der Waals surface area contributed by atoms with E-state index in [1.165, 1.54) is 0 Å². The van der Waals surface area contributed by atoms with E-state index in [1.807, 2.05) is 60.8 Å². The minimum Gasteiger partial charge on any atom is -0.496 e. The molecule has 0 spiro atoms. The van der Waals surface area contributed by atoms with Gasteiger partial charge in [-0.1, -0.05) is 36.4 Å². The van der Waals surface area contributed by atoms with Crippen molar-refractivity contribution in [3.05, 3.63) is 82.9 Å². The fourth-order valence-corrected chi connectivity index (χ4v) is 4.73. The number of nitrogens with one attached hydrogen (secondary N) is 2. The van der Waals surface area contributed by atoms with Crippen LogP contribution in [0.15, 0.2) is 77.3 Å². The Morgan fingerprint density at radius 3 is 2.50 bits per heavy atom. The number of anilines is 2. The molecule has 9 heteroatoms. The third-order valence-corrected chi connectivity index (χ3v) is 6.49. The lowest BCUT2D eigenvalue weighted by molar-refractivity contribution is -0.113. The molecule has 0 saturated heterocycles. The zero-order chi connectivity index (χ0) is 23.7. The number of carbonyl (C=O) groups is 1. The summed E-state index contributed by atoms with van der Waals surface area (Å²) in [6, 6.07) is 18.3. The van der Waals surface area contributed by atoms with Crippen LogP contribution in [0.25, 0.3) is 10.7 Å². The molecule has 34 heavy (non-hydrogen) atoms. The van der Waals surface area contributed by atoms with Gasteiger partial charge in [0.25, 0.3) is 5.91 Å². The molecule has 2 aromatic carbocycles. The van der Waals surface area contributed by atoms with Gasteiger partial charge >= 0.3 is 0 Å². The van der Waals surface area contributed by atoms with Crippen molar-refractivity contribution in [2.45, 2.75) is 13.0 Å². The van der Waals surface area contributed by atoms with Gasteiger partial charge in [-0.3, -0.25) is 4.79 Å². The molecule has 5 rings (SSSR count). The number of benzene rings is 2. The van der Waals surface area contributed by atoms with E-state index < -0.39 is 6.04 Å². The first-order valence-corrected chi connectivity index (χ1v) is 11.5. The zero-order valence-electron chi connectivity index (χ0n) is 18.9. The molecule has 0 unspecified atom stereocenters. The molecule has 0 aliphatic carbocycles. The molecule has 172 valence electrons. The highest BCUT2D eigenvalue weighted by Gasteiger charge is 2.36. The largest absolute Gasteiger partial charge is 0.496 e. The van der Waals surface area contributed by atoms with E-state index >= 15 is 0 Å². The Labute approximate surface area is 200 Å². The molecule has 4 aromatic rings. The maximum atomic E-state index is 13.7. The van der Waals surface area contributed by atoms with Gasteiger partial charge in [-0.25, -0.2) is 4.68 Å². The van der Waals surface area contributed by atoms with Gasteiger partial charge in [0, 0.05) is 11.3 Å². The second kappa shape index (κ2) is 9.03. The number of fused-ring (bicyclic) bond motifs is 1. The first-order valence-electron chi connectivity index (χ1n) is 10.7. The van der Waals surface area contributed by atoms with Gasteiger partial charge in [0.2, 0.25) is 5.95 Å². The Kier molecular flexibility index (Phi) is 5.77. The summed E-state index contributed by atoms with van der Waals surface area (Å²) in [5.41, 5.74) is 2.57. The fourth-order valence-electron chi connectivity index (χ4n) is 4.07. The van der Waals surface area contributed by atoms with Crippen LogP contribution in [0.5, 0.6) is 11.5 Å². The van der Waals surface area contributed by atoms with Crippen LogP contribution in [0, 0.1) is 0 Å². The quantitative estimate of drug-likeness (QED) is 0.412. The van der Waals surface area contributed by atoms with Crippen LogP contribution in [-0.2, 0) is 4.79 Å². The number of allylic oxidation sites excluding steroid dienone is 1. The van der Waals surface area contributed by atoms with E-state index in [-0.39, 0.29) is 5.91 Å². The molecule has 0 radical (unpaired) electrons. The summed E-state index contributed by atoms with van der Waals surface area (Å²) in [5, 5.41) is 13.0. The van der Waals surface area contributed by atoms with E-state index in [0.717, 1.165) is 10.4 Å². The van der Waals surface area contributed by atoms with Crippen molar-refractivity contribution in [1.29, 1.82) is 0 Å². The third kappa shape index (κ3) is 3.80. The highest BCUT2D eigenvalue weighted by Crippen LogP contribution is 2.40. The number of carbonyl (C=O) groups excluding carboxylic acids is 1. The summed E-state index contributed by atoms with van der Waals surface area (Å²) in [6.45, 7) is 1.86. The smallest absolute Gasteiger partial charge is 0.255 e. The highest BCUT2D eigenvalue weighted by molar-refractivity contribution is 7.13. The van der Waals surface area contributed by atoms with Crippen molar-refractivity contribution in [2.24, 2.45) is 0 Å². The van der Waals surface area contributed by atoms with Crippen molar-refractivity contribution in [3.8, 4) is 22.2 Å². The predicted octanol–water partition coefficient (Wildman–Crippen LogP) is 4.95. The predicted molar refractivity (Wildman–Crippen MR) is 132 cm³/mol. The molecule has 1 aliphatic heterocycles. The number of hydrogen-bond donors (Lipinski definition) is 2. The summed E-state index contributed by atoms with van der Waals surface area (Å²) in [5.74, 6) is 2.11. The molecule has 0 bridgehead atoms. The molecular formula is C25H23N5O3S. The Morgan fingerprint density at radius 1 is 1.03 bits per heavy atom. The number of para-hydroxylation sites is 3. The van der Waals surface area contributed by atoms with Crippen molar-refractivity contribution in [3.63, 3.8) is 0 Å². The van der Waals surface area contributed by atoms with E-state index in [1.54, 1.807) is 42.4 Å². The monoisotopic (exact) mass is 473 g/mol. The lowest BCUT2D eigenvalue weighted by atomic mass is 9.94. The highest BCUT2D eigenvalue weighted by atomic mass is 32.1. The van der Waals surface area contributed by atoms with Crippen molar-refractivity contribution in [1.82, 2.24) is 14.8 Å². The topological polar surface area (TPSA) is 90.3 Å². The fraction of sp³-hybridized carbons (Fsp3) is 0.160. The number of nitrogens with zero attached hydrogens (tertiary/aromatic N) is 3. The minimum absolute atomic E-state index is 0.274. The van der Waals surface area contributed by atoms with Gasteiger partial charge in [0.15, 0.2) is 5.82 Å². The molecular weight excluding hydrogens is 450 g/mol. The summed E-state index contributed by atoms with van der Waals surface area (Å²) in [6.07, 6.45) is 0. The molecule has 0 fully saturated rings. The van der Waals surface area contributed by atoms with Gasteiger partial charge in [-0.05, 0) is 36.6 Å². The molecule has 1 aliphatic rings. The standard InChI is InChI=1S/C25H23N5O3S/c1-15-21(24(31)27-17-10-5-7-12-19(17)33-3)22(16-9-4-6-11-18(16)32-2)30-25(26-15)28-23(29-30)20-13-8-14-34-20/h4-14,22H,1-3H3,(H,27,31)(H,26,28,29)/t22-/m1/s1. The Bertz CT molecular complexity index is 1380. The number of rotatable bonds is 6.